The van der Waals surface area contributed by atoms with Gasteiger partial charge < -0.3 is 5.32 Å². The predicted octanol–water partition coefficient (Wildman–Crippen LogP) is 1.86. The van der Waals surface area contributed by atoms with Crippen molar-refractivity contribution >= 4 is 0 Å². The molecule has 0 saturated carbocycles. The standard InChI is InChI=1S/C11H24N2/c1-9(2)13-8-10(12-5)6-7-11(13,3)4/h9-10,12H,6-8H2,1-5H3. The molecule has 78 valence electrons. The first-order valence-corrected chi connectivity index (χ1v) is 5.41. The molecule has 1 aliphatic heterocycles. The zero-order valence-corrected chi connectivity index (χ0v) is 9.72. The fourth-order valence-corrected chi connectivity index (χ4v) is 2.39. The lowest BCUT2D eigenvalue weighted by Crippen LogP contribution is -2.57. The molecular formula is C11H24N2. The average molecular weight is 184 g/mol. The summed E-state index contributed by atoms with van der Waals surface area (Å²) < 4.78 is 0. The summed E-state index contributed by atoms with van der Waals surface area (Å²) in [5.74, 6) is 0. The van der Waals surface area contributed by atoms with Gasteiger partial charge in [-0.05, 0) is 47.6 Å². The van der Waals surface area contributed by atoms with Crippen LogP contribution in [-0.4, -0.2) is 36.1 Å². The molecule has 0 radical (unpaired) electrons. The van der Waals surface area contributed by atoms with Crippen LogP contribution in [0.3, 0.4) is 0 Å². The first kappa shape index (κ1) is 11.0. The number of rotatable bonds is 2. The average Bonchev–Trinajstić information content (AvgIpc) is 2.03. The van der Waals surface area contributed by atoms with Crippen molar-refractivity contribution in [1.82, 2.24) is 10.2 Å². The van der Waals surface area contributed by atoms with Crippen LogP contribution in [0.25, 0.3) is 0 Å². The van der Waals surface area contributed by atoms with Gasteiger partial charge in [0.15, 0.2) is 0 Å². The first-order valence-electron chi connectivity index (χ1n) is 5.41. The van der Waals surface area contributed by atoms with E-state index in [4.69, 9.17) is 0 Å². The Morgan fingerprint density at radius 3 is 2.46 bits per heavy atom. The zero-order chi connectivity index (χ0) is 10.1. The normalized spacial score (nSPS) is 29.5. The van der Waals surface area contributed by atoms with E-state index in [0.717, 1.165) is 0 Å². The van der Waals surface area contributed by atoms with E-state index in [0.29, 0.717) is 17.6 Å². The van der Waals surface area contributed by atoms with Crippen LogP contribution in [0.2, 0.25) is 0 Å². The molecule has 1 aliphatic rings. The van der Waals surface area contributed by atoms with Gasteiger partial charge in [0.05, 0.1) is 0 Å². The van der Waals surface area contributed by atoms with E-state index in [1.807, 2.05) is 0 Å². The number of hydrogen-bond acceptors (Lipinski definition) is 2. The second-order valence-corrected chi connectivity index (χ2v) is 5.08. The van der Waals surface area contributed by atoms with E-state index in [1.54, 1.807) is 0 Å². The van der Waals surface area contributed by atoms with Crippen LogP contribution >= 0.6 is 0 Å². The Morgan fingerprint density at radius 1 is 1.38 bits per heavy atom. The maximum Gasteiger partial charge on any atom is 0.0193 e. The molecule has 0 bridgehead atoms. The maximum atomic E-state index is 3.38. The van der Waals surface area contributed by atoms with Crippen molar-refractivity contribution in [2.75, 3.05) is 13.6 Å². The van der Waals surface area contributed by atoms with Crippen LogP contribution in [-0.2, 0) is 0 Å². The van der Waals surface area contributed by atoms with E-state index in [9.17, 15) is 0 Å². The topological polar surface area (TPSA) is 15.3 Å². The van der Waals surface area contributed by atoms with Gasteiger partial charge >= 0.3 is 0 Å². The summed E-state index contributed by atoms with van der Waals surface area (Å²) in [7, 11) is 2.07. The Labute approximate surface area is 82.7 Å². The van der Waals surface area contributed by atoms with Crippen molar-refractivity contribution in [2.45, 2.75) is 58.2 Å². The molecule has 0 spiro atoms. The molecule has 1 rings (SSSR count). The molecule has 1 heterocycles. The third-order valence-electron chi connectivity index (χ3n) is 3.33. The SMILES string of the molecule is CNC1CCC(C)(C)N(C(C)C)C1. The molecule has 1 N–H and O–H groups in total. The van der Waals surface area contributed by atoms with Crippen LogP contribution in [0, 0.1) is 0 Å². The van der Waals surface area contributed by atoms with Gasteiger partial charge in [0.1, 0.15) is 0 Å². The van der Waals surface area contributed by atoms with Crippen LogP contribution in [0.4, 0.5) is 0 Å². The second-order valence-electron chi connectivity index (χ2n) is 5.08. The van der Waals surface area contributed by atoms with Crippen LogP contribution in [0.15, 0.2) is 0 Å². The largest absolute Gasteiger partial charge is 0.316 e. The van der Waals surface area contributed by atoms with Gasteiger partial charge in [0, 0.05) is 24.2 Å². The molecule has 0 aromatic heterocycles. The molecular weight excluding hydrogens is 160 g/mol. The highest BCUT2D eigenvalue weighted by molar-refractivity contribution is 4.92. The number of hydrogen-bond donors (Lipinski definition) is 1. The zero-order valence-electron chi connectivity index (χ0n) is 9.72. The highest BCUT2D eigenvalue weighted by Crippen LogP contribution is 2.28. The summed E-state index contributed by atoms with van der Waals surface area (Å²) >= 11 is 0. The Bertz CT molecular complexity index is 163. The molecule has 2 heteroatoms. The minimum atomic E-state index is 0.390. The Morgan fingerprint density at radius 2 is 2.00 bits per heavy atom. The van der Waals surface area contributed by atoms with Gasteiger partial charge in [-0.3, -0.25) is 4.90 Å². The van der Waals surface area contributed by atoms with Gasteiger partial charge in [-0.25, -0.2) is 0 Å². The molecule has 13 heavy (non-hydrogen) atoms. The molecule has 2 nitrogen and oxygen atoms in total. The monoisotopic (exact) mass is 184 g/mol. The lowest BCUT2D eigenvalue weighted by molar-refractivity contribution is 0.0316. The van der Waals surface area contributed by atoms with Gasteiger partial charge in [-0.1, -0.05) is 0 Å². The minimum Gasteiger partial charge on any atom is -0.316 e. The molecule has 0 aromatic carbocycles. The van der Waals surface area contributed by atoms with E-state index in [-0.39, 0.29) is 0 Å². The van der Waals surface area contributed by atoms with Crippen LogP contribution in [0.5, 0.6) is 0 Å². The van der Waals surface area contributed by atoms with E-state index in [2.05, 4.69) is 45.0 Å². The number of nitrogens with one attached hydrogen (secondary N) is 1. The summed E-state index contributed by atoms with van der Waals surface area (Å²) in [5, 5.41) is 3.38. The smallest absolute Gasteiger partial charge is 0.0193 e. The summed E-state index contributed by atoms with van der Waals surface area (Å²) in [4.78, 5) is 2.61. The van der Waals surface area contributed by atoms with Gasteiger partial charge in [-0.2, -0.15) is 0 Å². The van der Waals surface area contributed by atoms with Crippen molar-refractivity contribution in [3.63, 3.8) is 0 Å². The van der Waals surface area contributed by atoms with Crippen molar-refractivity contribution in [2.24, 2.45) is 0 Å². The fraction of sp³-hybridized carbons (Fsp3) is 1.00. The molecule has 1 atom stereocenters. The lowest BCUT2D eigenvalue weighted by atomic mass is 9.87. The number of likely N-dealkylation sites (tertiary alicyclic amines) is 1. The fourth-order valence-electron chi connectivity index (χ4n) is 2.39. The third kappa shape index (κ3) is 2.44. The molecule has 0 aliphatic carbocycles. The quantitative estimate of drug-likeness (QED) is 0.704. The van der Waals surface area contributed by atoms with Crippen LogP contribution in [0.1, 0.15) is 40.5 Å². The van der Waals surface area contributed by atoms with Crippen molar-refractivity contribution in [1.29, 1.82) is 0 Å². The predicted molar refractivity (Wildman–Crippen MR) is 58.0 cm³/mol. The third-order valence-corrected chi connectivity index (χ3v) is 3.33. The van der Waals surface area contributed by atoms with Crippen LogP contribution < -0.4 is 5.32 Å². The Kier molecular flexibility index (Phi) is 3.36. The Hall–Kier alpha value is -0.0800. The second kappa shape index (κ2) is 3.97. The molecule has 0 amide bonds. The van der Waals surface area contributed by atoms with Crippen molar-refractivity contribution in [3.8, 4) is 0 Å². The molecule has 1 unspecified atom stereocenters. The minimum absolute atomic E-state index is 0.390. The highest BCUT2D eigenvalue weighted by atomic mass is 15.2. The van der Waals surface area contributed by atoms with Crippen molar-refractivity contribution < 1.29 is 0 Å². The number of piperidine rings is 1. The van der Waals surface area contributed by atoms with E-state index in [1.165, 1.54) is 19.4 Å². The van der Waals surface area contributed by atoms with Crippen molar-refractivity contribution in [3.05, 3.63) is 0 Å². The van der Waals surface area contributed by atoms with Gasteiger partial charge in [0.2, 0.25) is 0 Å². The lowest BCUT2D eigenvalue weighted by Gasteiger charge is -2.48. The van der Waals surface area contributed by atoms with E-state index >= 15 is 0 Å². The Balaban J connectivity index is 2.64. The summed E-state index contributed by atoms with van der Waals surface area (Å²) in [5.41, 5.74) is 0.390. The summed E-state index contributed by atoms with van der Waals surface area (Å²) in [6.07, 6.45) is 2.61. The van der Waals surface area contributed by atoms with Gasteiger partial charge in [0.25, 0.3) is 0 Å². The molecule has 0 aromatic rings. The number of nitrogens with zero attached hydrogens (tertiary/aromatic N) is 1. The van der Waals surface area contributed by atoms with E-state index < -0.39 is 0 Å². The highest BCUT2D eigenvalue weighted by Gasteiger charge is 2.34. The number of likely N-dealkylation sites (N-methyl/N-ethyl adjacent to an activating group) is 1. The molecule has 1 fully saturated rings. The summed E-state index contributed by atoms with van der Waals surface area (Å²) in [6.45, 7) is 10.5. The first-order chi connectivity index (χ1) is 5.97. The van der Waals surface area contributed by atoms with Gasteiger partial charge in [-0.15, -0.1) is 0 Å². The maximum absolute atomic E-state index is 3.38. The summed E-state index contributed by atoms with van der Waals surface area (Å²) in [6, 6.07) is 1.35. The molecule has 1 saturated heterocycles.